The van der Waals surface area contributed by atoms with E-state index in [9.17, 15) is 77.3 Å². The summed E-state index contributed by atoms with van der Waals surface area (Å²) >= 11 is 0. The molecule has 15 N–H and O–H groups in total. The van der Waals surface area contributed by atoms with Crippen LogP contribution < -0.4 is 22.6 Å². The number of H-pyrrole nitrogens is 2. The van der Waals surface area contributed by atoms with Crippen LogP contribution in [0.4, 0.5) is 11.9 Å². The third kappa shape index (κ3) is 10.1. The Kier molecular flexibility index (Phi) is 12.5. The van der Waals surface area contributed by atoms with Gasteiger partial charge >= 0.3 is 39.1 Å². The van der Waals surface area contributed by atoms with E-state index in [1.807, 2.05) is 0 Å². The first kappa shape index (κ1) is 45.3. The van der Waals surface area contributed by atoms with Crippen LogP contribution in [0.2, 0.25) is 0 Å². The lowest BCUT2D eigenvalue weighted by atomic mass is 10.1. The van der Waals surface area contributed by atoms with Gasteiger partial charge < -0.3 is 65.8 Å². The number of aliphatic hydroxyl groups excluding tert-OH is 4. The molecular weight excluding hydrogens is 919 g/mol. The number of nitrogen functional groups attached to an aromatic ring is 2. The van der Waals surface area contributed by atoms with E-state index >= 15 is 0 Å². The van der Waals surface area contributed by atoms with Gasteiger partial charge in [-0.3, -0.25) is 37.7 Å². The number of aromatic amines is 2. The third-order valence-corrected chi connectivity index (χ3v) is 15.3. The van der Waals surface area contributed by atoms with Gasteiger partial charge in [0.2, 0.25) is 11.9 Å². The SMILES string of the molecule is Nc1nc2c(ncn2[C@@H]2O[C@H](COP(=O)(O)OP(=O)(O)OP(=O)(O)OP(=O)(O)OP(=O)(O)OC[C@@H]3O[C@H](n4cnc5c(=O)[nH]c(N)nc54)[C@@H](O)[C@H]3O)[C@@H](O)[C@H]2O)c(=O)[nH]1. The highest BCUT2D eigenvalue weighted by Crippen LogP contribution is 2.73. The molecule has 2 saturated heterocycles. The average Bonchev–Trinajstić information content (AvgIpc) is 3.82. The number of phosphoric acid groups is 5. The van der Waals surface area contributed by atoms with E-state index in [1.165, 1.54) is 0 Å². The molecule has 2 fully saturated rings. The van der Waals surface area contributed by atoms with E-state index in [2.05, 4.69) is 56.2 Å². The molecule has 5 unspecified atom stereocenters. The molecule has 0 aromatic carbocycles. The number of nitrogens with zero attached hydrogens (tertiary/aromatic N) is 6. The van der Waals surface area contributed by atoms with Crippen molar-refractivity contribution in [1.29, 1.82) is 0 Å². The highest BCUT2D eigenvalue weighted by molar-refractivity contribution is 7.71. The second-order valence-electron chi connectivity index (χ2n) is 11.9. The average molecular weight is 948 g/mol. The number of nitrogens with one attached hydrogen (secondary N) is 2. The molecule has 0 saturated carbocycles. The highest BCUT2D eigenvalue weighted by Gasteiger charge is 2.51. The van der Waals surface area contributed by atoms with E-state index in [-0.39, 0.29) is 34.2 Å². The summed E-state index contributed by atoms with van der Waals surface area (Å²) in [6.45, 7) is -2.47. The summed E-state index contributed by atoms with van der Waals surface area (Å²) in [5.74, 6) is -0.726. The zero-order chi connectivity index (χ0) is 43.6. The van der Waals surface area contributed by atoms with E-state index in [0.717, 1.165) is 21.8 Å². The number of anilines is 2. The summed E-state index contributed by atoms with van der Waals surface area (Å²) in [5.41, 5.74) is 8.51. The van der Waals surface area contributed by atoms with Crippen LogP contribution in [0.5, 0.6) is 0 Å². The maximum Gasteiger partial charge on any atom is 0.490 e. The topological polar surface area (TPSA) is 520 Å². The van der Waals surface area contributed by atoms with Crippen LogP contribution in [0.25, 0.3) is 22.3 Å². The molecule has 13 atom stereocenters. The second kappa shape index (κ2) is 16.2. The Bertz CT molecular complexity index is 2450. The number of phosphoric ester groups is 2. The van der Waals surface area contributed by atoms with Gasteiger partial charge in [0.15, 0.2) is 34.8 Å². The molecule has 0 bridgehead atoms. The molecule has 0 amide bonds. The molecule has 2 aliphatic rings. The van der Waals surface area contributed by atoms with Crippen LogP contribution in [-0.4, -0.2) is 134 Å². The van der Waals surface area contributed by atoms with Crippen molar-refractivity contribution in [2.24, 2.45) is 0 Å². The van der Waals surface area contributed by atoms with Gasteiger partial charge in [-0.1, -0.05) is 0 Å². The fourth-order valence-electron chi connectivity index (χ4n) is 5.40. The second-order valence-corrected chi connectivity index (χ2v) is 19.7. The fourth-order valence-corrected chi connectivity index (χ4v) is 11.8. The van der Waals surface area contributed by atoms with Crippen molar-refractivity contribution in [1.82, 2.24) is 39.0 Å². The molecule has 4 aromatic rings. The van der Waals surface area contributed by atoms with Gasteiger partial charge in [0.1, 0.15) is 36.6 Å². The molecule has 6 heterocycles. The lowest BCUT2D eigenvalue weighted by Gasteiger charge is -2.21. The van der Waals surface area contributed by atoms with E-state index in [4.69, 9.17) is 20.9 Å². The number of ether oxygens (including phenoxy) is 2. The predicted octanol–water partition coefficient (Wildman–Crippen LogP) is -3.74. The Labute approximate surface area is 322 Å². The first-order valence-electron chi connectivity index (χ1n) is 15.4. The Morgan fingerprint density at radius 3 is 1.25 bits per heavy atom. The number of hydrogen-bond donors (Lipinski definition) is 13. The maximum atomic E-state index is 12.4. The molecule has 39 heteroatoms. The number of rotatable bonds is 16. The van der Waals surface area contributed by atoms with Crippen molar-refractivity contribution >= 4 is 73.3 Å². The molecule has 2 aliphatic heterocycles. The highest BCUT2D eigenvalue weighted by atomic mass is 31.3. The van der Waals surface area contributed by atoms with Crippen molar-refractivity contribution in [2.75, 3.05) is 24.7 Å². The summed E-state index contributed by atoms with van der Waals surface area (Å²) in [5, 5.41) is 41.8. The predicted molar refractivity (Wildman–Crippen MR) is 182 cm³/mol. The van der Waals surface area contributed by atoms with Gasteiger partial charge in [-0.05, 0) is 0 Å². The van der Waals surface area contributed by atoms with Crippen molar-refractivity contribution < 1.29 is 103 Å². The van der Waals surface area contributed by atoms with Crippen LogP contribution in [-0.2, 0) is 58.6 Å². The Morgan fingerprint density at radius 2 is 0.915 bits per heavy atom. The van der Waals surface area contributed by atoms with Crippen LogP contribution in [0.3, 0.4) is 0 Å². The summed E-state index contributed by atoms with van der Waals surface area (Å²) in [7, 11) is -31.1. The molecule has 0 spiro atoms. The lowest BCUT2D eigenvalue weighted by Crippen LogP contribution is -2.33. The van der Waals surface area contributed by atoms with Gasteiger partial charge in [-0.15, -0.1) is 0 Å². The molecule has 4 aromatic heterocycles. The first-order chi connectivity index (χ1) is 27.2. The van der Waals surface area contributed by atoms with Gasteiger partial charge in [-0.25, -0.2) is 32.8 Å². The minimum atomic E-state index is -6.49. The number of imidazole rings is 2. The minimum Gasteiger partial charge on any atom is -0.387 e. The summed E-state index contributed by atoms with van der Waals surface area (Å²) in [6, 6.07) is 0. The largest absolute Gasteiger partial charge is 0.490 e. The quantitative estimate of drug-likeness (QED) is 0.0480. The molecular formula is C20H29N10O24P5. The van der Waals surface area contributed by atoms with E-state index in [0.29, 0.717) is 0 Å². The van der Waals surface area contributed by atoms with Crippen molar-refractivity contribution in [2.45, 2.75) is 49.1 Å². The monoisotopic (exact) mass is 948 g/mol. The fraction of sp³-hybridized carbons (Fsp3) is 0.500. The number of aromatic nitrogens is 8. The van der Waals surface area contributed by atoms with Crippen molar-refractivity contribution in [3.8, 4) is 0 Å². The molecule has 0 radical (unpaired) electrons. The molecule has 6 rings (SSSR count). The zero-order valence-electron chi connectivity index (χ0n) is 28.4. The first-order valence-corrected chi connectivity index (χ1v) is 22.9. The van der Waals surface area contributed by atoms with Gasteiger partial charge in [-0.2, -0.15) is 27.2 Å². The number of aliphatic hydroxyl groups is 4. The molecule has 0 aliphatic carbocycles. The van der Waals surface area contributed by atoms with Crippen LogP contribution in [0.1, 0.15) is 12.5 Å². The maximum absolute atomic E-state index is 12.4. The van der Waals surface area contributed by atoms with E-state index < -0.39 is 113 Å². The normalized spacial score (nSPS) is 30.1. The molecule has 328 valence electrons. The van der Waals surface area contributed by atoms with Gasteiger partial charge in [0.05, 0.1) is 25.9 Å². The summed E-state index contributed by atoms with van der Waals surface area (Å²) in [4.78, 5) is 93.0. The van der Waals surface area contributed by atoms with Crippen LogP contribution >= 0.6 is 39.1 Å². The summed E-state index contributed by atoms with van der Waals surface area (Å²) in [6.07, 6.45) is -12.3. The Hall–Kier alpha value is -3.23. The Morgan fingerprint density at radius 1 is 0.593 bits per heavy atom. The van der Waals surface area contributed by atoms with Crippen molar-refractivity contribution in [3.05, 3.63) is 33.4 Å². The lowest BCUT2D eigenvalue weighted by molar-refractivity contribution is -0.0503. The summed E-state index contributed by atoms with van der Waals surface area (Å²) < 4.78 is 98.3. The number of fused-ring (bicyclic) bond motifs is 2. The minimum absolute atomic E-state index is 0.221. The van der Waals surface area contributed by atoms with Crippen LogP contribution in [0.15, 0.2) is 22.2 Å². The van der Waals surface area contributed by atoms with Crippen molar-refractivity contribution in [3.63, 3.8) is 0 Å². The number of hydrogen-bond acceptors (Lipinski definition) is 25. The van der Waals surface area contributed by atoms with Gasteiger partial charge in [0, 0.05) is 0 Å². The van der Waals surface area contributed by atoms with Crippen LogP contribution in [0, 0.1) is 0 Å². The molecule has 34 nitrogen and oxygen atoms in total. The third-order valence-electron chi connectivity index (χ3n) is 7.75. The number of nitrogens with two attached hydrogens (primary N) is 2. The smallest absolute Gasteiger partial charge is 0.387 e. The standard InChI is InChI=1S/C20H29N10O24P5/c21-19-25-13-7(15(35)27-19)23-3-29(13)17-11(33)9(31)5(49-17)1-47-55(37,38)51-57(41,42)53-59(45,46)54-58(43,44)52-56(39,40)48-2-6-10(32)12(34)18(50-6)30-4-24-8-14(30)26-20(22)28-16(8)36/h3-6,9-12,17-18,31-34H,1-2H2,(H,37,38)(H,39,40)(H,41,42)(H,43,44)(H,45,46)(H3,21,25,27,35)(H3,22,26,28,36)/t5-,6+,9-,10+,11-,12+,17-,18+. The molecule has 59 heavy (non-hydrogen) atoms. The zero-order valence-corrected chi connectivity index (χ0v) is 32.9. The van der Waals surface area contributed by atoms with Gasteiger partial charge in [0.25, 0.3) is 11.1 Å². The Balaban J connectivity index is 1.01. The van der Waals surface area contributed by atoms with E-state index in [1.54, 1.807) is 0 Å².